The van der Waals surface area contributed by atoms with Gasteiger partial charge in [0.05, 0.1) is 5.92 Å². The van der Waals surface area contributed by atoms with Crippen LogP contribution in [0.2, 0.25) is 0 Å². The van der Waals surface area contributed by atoms with Gasteiger partial charge in [0.15, 0.2) is 0 Å². The van der Waals surface area contributed by atoms with Crippen LogP contribution < -0.4 is 10.9 Å². The lowest BCUT2D eigenvalue weighted by Crippen LogP contribution is -2.53. The molecule has 1 aromatic rings. The van der Waals surface area contributed by atoms with Crippen LogP contribution in [0.25, 0.3) is 0 Å². The van der Waals surface area contributed by atoms with Crippen molar-refractivity contribution < 1.29 is 4.79 Å². The average Bonchev–Trinajstić information content (AvgIpc) is 3.23. The molecule has 0 saturated carbocycles. The van der Waals surface area contributed by atoms with E-state index in [1.165, 1.54) is 24.0 Å². The van der Waals surface area contributed by atoms with Crippen LogP contribution in [-0.4, -0.2) is 61.0 Å². The number of hydrogen-bond donors (Lipinski definition) is 2. The van der Waals surface area contributed by atoms with Gasteiger partial charge in [-0.25, -0.2) is 0 Å². The molecule has 2 heterocycles. The maximum atomic E-state index is 12.4. The van der Waals surface area contributed by atoms with Gasteiger partial charge in [-0.05, 0) is 24.0 Å². The zero-order chi connectivity index (χ0) is 14.9. The lowest BCUT2D eigenvalue weighted by atomic mass is 10.1. The number of nitrogens with zero attached hydrogens (tertiary/aromatic N) is 2. The number of carbonyl (C=O) groups is 1. The van der Waals surface area contributed by atoms with Gasteiger partial charge in [-0.15, -0.1) is 0 Å². The highest BCUT2D eigenvalue weighted by atomic mass is 16.2. The number of hydrogen-bond acceptors (Lipinski definition) is 4. The Morgan fingerprint density at radius 3 is 2.14 bits per heavy atom. The van der Waals surface area contributed by atoms with E-state index >= 15 is 0 Å². The zero-order valence-corrected chi connectivity index (χ0v) is 12.9. The molecule has 1 amide bonds. The Kier molecular flexibility index (Phi) is 3.86. The number of amides is 1. The highest BCUT2D eigenvalue weighted by molar-refractivity contribution is 5.79. The monoisotopic (exact) mass is 300 g/mol. The van der Waals surface area contributed by atoms with Crippen LogP contribution in [-0.2, 0) is 17.6 Å². The molecule has 5 heteroatoms. The molecule has 0 spiro atoms. The summed E-state index contributed by atoms with van der Waals surface area (Å²) in [6.45, 7) is 5.30. The molecule has 1 aromatic carbocycles. The van der Waals surface area contributed by atoms with Gasteiger partial charge in [-0.1, -0.05) is 24.3 Å². The minimum absolute atomic E-state index is 0.113. The van der Waals surface area contributed by atoms with E-state index in [1.54, 1.807) is 0 Å². The Hall–Kier alpha value is -1.43. The summed E-state index contributed by atoms with van der Waals surface area (Å²) in [6, 6.07) is 9.43. The van der Waals surface area contributed by atoms with Gasteiger partial charge in [-0.3, -0.25) is 20.5 Å². The largest absolute Gasteiger partial charge is 0.340 e. The van der Waals surface area contributed by atoms with Crippen molar-refractivity contribution in [3.63, 3.8) is 0 Å². The highest BCUT2D eigenvalue weighted by Crippen LogP contribution is 2.26. The van der Waals surface area contributed by atoms with Crippen LogP contribution in [0, 0.1) is 5.92 Å². The van der Waals surface area contributed by atoms with E-state index in [9.17, 15) is 4.79 Å². The normalized spacial score (nSPS) is 23.9. The van der Waals surface area contributed by atoms with Crippen LogP contribution in [0.5, 0.6) is 0 Å². The van der Waals surface area contributed by atoms with Gasteiger partial charge in [0.2, 0.25) is 5.91 Å². The number of fused-ring (bicyclic) bond motifs is 1. The lowest BCUT2D eigenvalue weighted by molar-refractivity contribution is -0.136. The fourth-order valence-electron chi connectivity index (χ4n) is 4.00. The molecular formula is C17H24N4O. The standard InChI is InChI=1S/C17H24N4O/c22-17(15-11-18-19-12-15)21-7-5-20(6-8-21)16-9-13-3-1-2-4-14(13)10-16/h1-4,15-16,18-19H,5-12H2. The van der Waals surface area contributed by atoms with E-state index in [4.69, 9.17) is 0 Å². The molecule has 22 heavy (non-hydrogen) atoms. The Balaban J connectivity index is 1.32. The molecule has 0 radical (unpaired) electrons. The van der Waals surface area contributed by atoms with Crippen molar-refractivity contribution in [3.8, 4) is 0 Å². The summed E-state index contributed by atoms with van der Waals surface area (Å²) in [5, 5.41) is 0. The summed E-state index contributed by atoms with van der Waals surface area (Å²) < 4.78 is 0. The minimum Gasteiger partial charge on any atom is -0.340 e. The molecule has 2 fully saturated rings. The van der Waals surface area contributed by atoms with Crippen LogP contribution in [0.15, 0.2) is 24.3 Å². The van der Waals surface area contributed by atoms with E-state index in [0.717, 1.165) is 39.3 Å². The van der Waals surface area contributed by atoms with Crippen molar-refractivity contribution >= 4 is 5.91 Å². The van der Waals surface area contributed by atoms with Crippen molar-refractivity contribution in [2.75, 3.05) is 39.3 Å². The average molecular weight is 300 g/mol. The lowest BCUT2D eigenvalue weighted by Gasteiger charge is -2.38. The molecule has 2 aliphatic heterocycles. The van der Waals surface area contributed by atoms with Gasteiger partial charge in [0, 0.05) is 45.3 Å². The summed E-state index contributed by atoms with van der Waals surface area (Å²) in [4.78, 5) is 17.1. The molecule has 5 nitrogen and oxygen atoms in total. The molecule has 2 saturated heterocycles. The number of piperazine rings is 1. The topological polar surface area (TPSA) is 47.6 Å². The molecule has 4 rings (SSSR count). The van der Waals surface area contributed by atoms with E-state index in [1.807, 2.05) is 0 Å². The van der Waals surface area contributed by atoms with E-state index in [0.29, 0.717) is 11.9 Å². The minimum atomic E-state index is 0.113. The van der Waals surface area contributed by atoms with Crippen LogP contribution >= 0.6 is 0 Å². The van der Waals surface area contributed by atoms with Crippen LogP contribution in [0.4, 0.5) is 0 Å². The third-order valence-electron chi connectivity index (χ3n) is 5.34. The second kappa shape index (κ2) is 5.99. The smallest absolute Gasteiger partial charge is 0.228 e. The number of rotatable bonds is 2. The SMILES string of the molecule is O=C(C1CNNC1)N1CCN(C2Cc3ccccc3C2)CC1. The first-order valence-corrected chi connectivity index (χ1v) is 8.36. The number of nitrogens with one attached hydrogen (secondary N) is 2. The van der Waals surface area contributed by atoms with Crippen LogP contribution in [0.3, 0.4) is 0 Å². The Bertz CT molecular complexity index is 522. The fourth-order valence-corrected chi connectivity index (χ4v) is 4.00. The summed E-state index contributed by atoms with van der Waals surface area (Å²) in [6.07, 6.45) is 2.33. The third kappa shape index (κ3) is 2.64. The van der Waals surface area contributed by atoms with E-state index in [-0.39, 0.29) is 5.92 Å². The fraction of sp³-hybridized carbons (Fsp3) is 0.588. The van der Waals surface area contributed by atoms with Gasteiger partial charge >= 0.3 is 0 Å². The first-order chi connectivity index (χ1) is 10.8. The molecule has 0 bridgehead atoms. The molecule has 0 unspecified atom stereocenters. The zero-order valence-electron chi connectivity index (χ0n) is 12.9. The molecule has 118 valence electrons. The van der Waals surface area contributed by atoms with Crippen molar-refractivity contribution in [2.24, 2.45) is 5.92 Å². The molecule has 1 aliphatic carbocycles. The highest BCUT2D eigenvalue weighted by Gasteiger charge is 2.33. The Morgan fingerprint density at radius 2 is 1.55 bits per heavy atom. The van der Waals surface area contributed by atoms with Gasteiger partial charge in [0.1, 0.15) is 0 Å². The van der Waals surface area contributed by atoms with Crippen molar-refractivity contribution in [1.82, 2.24) is 20.7 Å². The van der Waals surface area contributed by atoms with Gasteiger partial charge in [-0.2, -0.15) is 0 Å². The number of carbonyl (C=O) groups excluding carboxylic acids is 1. The van der Waals surface area contributed by atoms with E-state index in [2.05, 4.69) is 44.9 Å². The number of hydrazine groups is 1. The second-order valence-electron chi connectivity index (χ2n) is 6.65. The van der Waals surface area contributed by atoms with Crippen molar-refractivity contribution in [2.45, 2.75) is 18.9 Å². The van der Waals surface area contributed by atoms with Crippen molar-refractivity contribution in [1.29, 1.82) is 0 Å². The predicted molar refractivity (Wildman–Crippen MR) is 85.3 cm³/mol. The van der Waals surface area contributed by atoms with Crippen molar-refractivity contribution in [3.05, 3.63) is 35.4 Å². The molecule has 3 aliphatic rings. The summed E-state index contributed by atoms with van der Waals surface area (Å²) >= 11 is 0. The maximum absolute atomic E-state index is 12.4. The Labute approximate surface area is 131 Å². The summed E-state index contributed by atoms with van der Waals surface area (Å²) in [7, 11) is 0. The molecule has 0 aromatic heterocycles. The second-order valence-corrected chi connectivity index (χ2v) is 6.65. The maximum Gasteiger partial charge on any atom is 0.228 e. The third-order valence-corrected chi connectivity index (χ3v) is 5.34. The predicted octanol–water partition coefficient (Wildman–Crippen LogP) is 0.0220. The van der Waals surface area contributed by atoms with Crippen LogP contribution in [0.1, 0.15) is 11.1 Å². The summed E-state index contributed by atoms with van der Waals surface area (Å²) in [5.41, 5.74) is 9.11. The number of benzene rings is 1. The first-order valence-electron chi connectivity index (χ1n) is 8.36. The quantitative estimate of drug-likeness (QED) is 0.808. The van der Waals surface area contributed by atoms with Gasteiger partial charge < -0.3 is 4.90 Å². The Morgan fingerprint density at radius 1 is 0.955 bits per heavy atom. The summed E-state index contributed by atoms with van der Waals surface area (Å²) in [5.74, 6) is 0.425. The molecule has 2 N–H and O–H groups in total. The molecule has 0 atom stereocenters. The van der Waals surface area contributed by atoms with Gasteiger partial charge in [0.25, 0.3) is 0 Å². The van der Waals surface area contributed by atoms with E-state index < -0.39 is 0 Å². The first kappa shape index (κ1) is 14.2. The molecular weight excluding hydrogens is 276 g/mol.